The molecule has 17 heavy (non-hydrogen) atoms. The van der Waals surface area contributed by atoms with E-state index in [1.54, 1.807) is 0 Å². The lowest BCUT2D eigenvalue weighted by atomic mass is 10.1. The van der Waals surface area contributed by atoms with E-state index in [1.165, 1.54) is 11.3 Å². The van der Waals surface area contributed by atoms with Gasteiger partial charge in [0, 0.05) is 18.6 Å². The van der Waals surface area contributed by atoms with Crippen LogP contribution in [0.25, 0.3) is 0 Å². The predicted octanol–water partition coefficient (Wildman–Crippen LogP) is 3.65. The van der Waals surface area contributed by atoms with Gasteiger partial charge in [-0.05, 0) is 37.8 Å². The first-order chi connectivity index (χ1) is 7.91. The average molecular weight is 276 g/mol. The number of hydrogen-bond donors (Lipinski definition) is 1. The van der Waals surface area contributed by atoms with Crippen LogP contribution in [0.15, 0.2) is 11.4 Å². The number of thiophene rings is 1. The summed E-state index contributed by atoms with van der Waals surface area (Å²) >= 11 is 7.43. The van der Waals surface area contributed by atoms with Crippen LogP contribution in [0.4, 0.5) is 0 Å². The Hall–Kier alpha value is -0.580. The topological polar surface area (TPSA) is 40.5 Å². The lowest BCUT2D eigenvalue weighted by molar-refractivity contribution is -0.137. The van der Waals surface area contributed by atoms with Crippen LogP contribution in [-0.4, -0.2) is 28.6 Å². The molecule has 96 valence electrons. The Morgan fingerprint density at radius 2 is 2.18 bits per heavy atom. The third-order valence-corrected chi connectivity index (χ3v) is 3.92. The van der Waals surface area contributed by atoms with E-state index in [4.69, 9.17) is 16.7 Å². The lowest BCUT2D eigenvalue weighted by Crippen LogP contribution is -2.35. The largest absolute Gasteiger partial charge is 0.481 e. The van der Waals surface area contributed by atoms with Gasteiger partial charge in [-0.3, -0.25) is 9.69 Å². The highest BCUT2D eigenvalue weighted by Crippen LogP contribution is 2.29. The van der Waals surface area contributed by atoms with E-state index in [9.17, 15) is 4.79 Å². The molecule has 1 heterocycles. The zero-order valence-corrected chi connectivity index (χ0v) is 11.9. The number of carboxylic acid groups (broad SMARTS) is 1. The molecule has 0 aliphatic heterocycles. The van der Waals surface area contributed by atoms with Crippen LogP contribution in [0.2, 0.25) is 4.34 Å². The van der Waals surface area contributed by atoms with Gasteiger partial charge in [0.2, 0.25) is 0 Å². The summed E-state index contributed by atoms with van der Waals surface area (Å²) in [5, 5.41) is 10.8. The zero-order chi connectivity index (χ0) is 13.0. The second-order valence-electron chi connectivity index (χ2n) is 4.34. The van der Waals surface area contributed by atoms with Crippen molar-refractivity contribution in [1.82, 2.24) is 4.90 Å². The molecule has 0 radical (unpaired) electrons. The van der Waals surface area contributed by atoms with Gasteiger partial charge in [0.15, 0.2) is 0 Å². The Labute approximate surface area is 111 Å². The summed E-state index contributed by atoms with van der Waals surface area (Å²) in [7, 11) is 0. The van der Waals surface area contributed by atoms with E-state index in [2.05, 4.69) is 25.7 Å². The standard InChI is InChI=1S/C12H18ClNO2S/c1-8(2)14(5-4-12(15)16)9(3)10-6-11(13)17-7-10/h6-9H,4-5H2,1-3H3,(H,15,16). The van der Waals surface area contributed by atoms with Gasteiger partial charge in [-0.2, -0.15) is 0 Å². The molecule has 1 atom stereocenters. The molecule has 0 spiro atoms. The van der Waals surface area contributed by atoms with Gasteiger partial charge >= 0.3 is 5.97 Å². The van der Waals surface area contributed by atoms with Crippen LogP contribution in [0.3, 0.4) is 0 Å². The van der Waals surface area contributed by atoms with Gasteiger partial charge in [-0.25, -0.2) is 0 Å². The molecule has 1 N–H and O–H groups in total. The molecular weight excluding hydrogens is 258 g/mol. The maximum Gasteiger partial charge on any atom is 0.304 e. The van der Waals surface area contributed by atoms with Gasteiger partial charge in [0.25, 0.3) is 0 Å². The van der Waals surface area contributed by atoms with Crippen molar-refractivity contribution >= 4 is 28.9 Å². The van der Waals surface area contributed by atoms with Crippen molar-refractivity contribution in [1.29, 1.82) is 0 Å². The number of carboxylic acids is 1. The van der Waals surface area contributed by atoms with E-state index in [1.807, 2.05) is 11.4 Å². The number of hydrogen-bond acceptors (Lipinski definition) is 3. The molecule has 0 bridgehead atoms. The summed E-state index contributed by atoms with van der Waals surface area (Å²) in [4.78, 5) is 12.8. The van der Waals surface area contributed by atoms with Crippen LogP contribution in [-0.2, 0) is 4.79 Å². The first-order valence-electron chi connectivity index (χ1n) is 5.63. The van der Waals surface area contributed by atoms with Crippen molar-refractivity contribution in [2.75, 3.05) is 6.54 Å². The molecule has 1 aromatic rings. The maximum atomic E-state index is 10.6. The Morgan fingerprint density at radius 1 is 1.53 bits per heavy atom. The van der Waals surface area contributed by atoms with E-state index in [0.29, 0.717) is 12.6 Å². The maximum absolute atomic E-state index is 10.6. The van der Waals surface area contributed by atoms with Crippen LogP contribution < -0.4 is 0 Å². The highest BCUT2D eigenvalue weighted by Gasteiger charge is 2.20. The highest BCUT2D eigenvalue weighted by atomic mass is 35.5. The fraction of sp³-hybridized carbons (Fsp3) is 0.583. The Balaban J connectivity index is 2.73. The SMILES string of the molecule is CC(C)N(CCC(=O)O)C(C)c1csc(Cl)c1. The van der Waals surface area contributed by atoms with Gasteiger partial charge in [0.05, 0.1) is 10.8 Å². The summed E-state index contributed by atoms with van der Waals surface area (Å²) in [6.07, 6.45) is 0.167. The predicted molar refractivity (Wildman–Crippen MR) is 71.8 cm³/mol. The normalized spacial score (nSPS) is 13.3. The molecule has 1 unspecified atom stereocenters. The molecule has 0 saturated carbocycles. The smallest absolute Gasteiger partial charge is 0.304 e. The van der Waals surface area contributed by atoms with E-state index in [-0.39, 0.29) is 12.5 Å². The summed E-state index contributed by atoms with van der Waals surface area (Å²) in [5.41, 5.74) is 1.15. The number of nitrogens with zero attached hydrogens (tertiary/aromatic N) is 1. The molecule has 0 aromatic carbocycles. The molecule has 5 heteroatoms. The Kier molecular flexibility index (Phi) is 5.43. The van der Waals surface area contributed by atoms with Crippen LogP contribution in [0.5, 0.6) is 0 Å². The monoisotopic (exact) mass is 275 g/mol. The Morgan fingerprint density at radius 3 is 2.59 bits per heavy atom. The van der Waals surface area contributed by atoms with Crippen molar-refractivity contribution < 1.29 is 9.90 Å². The number of aliphatic carboxylic acids is 1. The van der Waals surface area contributed by atoms with Gasteiger partial charge in [-0.1, -0.05) is 11.6 Å². The molecule has 1 rings (SSSR count). The van der Waals surface area contributed by atoms with Crippen molar-refractivity contribution in [3.8, 4) is 0 Å². The van der Waals surface area contributed by atoms with Crippen LogP contribution >= 0.6 is 22.9 Å². The molecule has 0 aliphatic rings. The summed E-state index contributed by atoms with van der Waals surface area (Å²) in [6.45, 7) is 6.79. The number of halogens is 1. The second-order valence-corrected chi connectivity index (χ2v) is 5.88. The number of carbonyl (C=O) groups is 1. The van der Waals surface area contributed by atoms with Crippen LogP contribution in [0.1, 0.15) is 38.8 Å². The highest BCUT2D eigenvalue weighted by molar-refractivity contribution is 7.14. The molecule has 3 nitrogen and oxygen atoms in total. The zero-order valence-electron chi connectivity index (χ0n) is 10.3. The summed E-state index contributed by atoms with van der Waals surface area (Å²) in [6, 6.07) is 2.45. The molecule has 0 amide bonds. The third kappa shape index (κ3) is 4.30. The minimum absolute atomic E-state index is 0.167. The minimum Gasteiger partial charge on any atom is -0.481 e. The fourth-order valence-corrected chi connectivity index (χ4v) is 2.84. The van der Waals surface area contributed by atoms with Gasteiger partial charge < -0.3 is 5.11 Å². The second kappa shape index (κ2) is 6.38. The molecule has 0 fully saturated rings. The molecule has 0 aliphatic carbocycles. The molecular formula is C12H18ClNO2S. The van der Waals surface area contributed by atoms with E-state index >= 15 is 0 Å². The van der Waals surface area contributed by atoms with Crippen molar-refractivity contribution in [3.63, 3.8) is 0 Å². The van der Waals surface area contributed by atoms with Crippen molar-refractivity contribution in [2.45, 2.75) is 39.3 Å². The summed E-state index contributed by atoms with van der Waals surface area (Å²) in [5.74, 6) is -0.758. The first-order valence-corrected chi connectivity index (χ1v) is 6.89. The summed E-state index contributed by atoms with van der Waals surface area (Å²) < 4.78 is 0.772. The average Bonchev–Trinajstić information content (AvgIpc) is 2.63. The quantitative estimate of drug-likeness (QED) is 0.862. The lowest BCUT2D eigenvalue weighted by Gasteiger charge is -2.32. The fourth-order valence-electron chi connectivity index (χ4n) is 1.86. The van der Waals surface area contributed by atoms with Gasteiger partial charge in [0.1, 0.15) is 0 Å². The molecule has 0 saturated heterocycles. The van der Waals surface area contributed by atoms with Crippen molar-refractivity contribution in [2.24, 2.45) is 0 Å². The number of rotatable bonds is 6. The van der Waals surface area contributed by atoms with Crippen molar-refractivity contribution in [3.05, 3.63) is 21.3 Å². The van der Waals surface area contributed by atoms with Gasteiger partial charge in [-0.15, -0.1) is 11.3 Å². The van der Waals surface area contributed by atoms with E-state index in [0.717, 1.165) is 9.90 Å². The third-order valence-electron chi connectivity index (χ3n) is 2.81. The first kappa shape index (κ1) is 14.5. The molecule has 1 aromatic heterocycles. The van der Waals surface area contributed by atoms with E-state index < -0.39 is 5.97 Å². The van der Waals surface area contributed by atoms with Crippen LogP contribution in [0, 0.1) is 0 Å². The Bertz CT molecular complexity index is 378. The minimum atomic E-state index is -0.758.